The maximum Gasteiger partial charge on any atom is 0.121 e. The molecule has 1 saturated heterocycles. The van der Waals surface area contributed by atoms with Crippen molar-refractivity contribution in [2.24, 2.45) is 0 Å². The number of phenols is 3. The molecule has 0 aromatic heterocycles. The largest absolute Gasteiger partial charge is 0.508 e. The Morgan fingerprint density at radius 1 is 0.607 bits per heavy atom. The van der Waals surface area contributed by atoms with Crippen LogP contribution in [0.25, 0.3) is 0 Å². The highest BCUT2D eigenvalue weighted by Gasteiger charge is 2.35. The van der Waals surface area contributed by atoms with Gasteiger partial charge in [-0.3, -0.25) is 9.80 Å². The van der Waals surface area contributed by atoms with E-state index in [1.54, 1.807) is 18.2 Å². The van der Waals surface area contributed by atoms with Gasteiger partial charge in [0.1, 0.15) is 17.2 Å². The average Bonchev–Trinajstić information content (AvgIpc) is 3.08. The summed E-state index contributed by atoms with van der Waals surface area (Å²) in [6.45, 7) is 2.73. The molecule has 0 bridgehead atoms. The molecule has 0 saturated carbocycles. The molecule has 3 N–H and O–H groups in total. The first-order valence-electron chi connectivity index (χ1n) is 9.43. The van der Waals surface area contributed by atoms with Gasteiger partial charge < -0.3 is 15.3 Å². The second-order valence-corrected chi connectivity index (χ2v) is 7.13. The van der Waals surface area contributed by atoms with Crippen LogP contribution in [0.3, 0.4) is 0 Å². The van der Waals surface area contributed by atoms with E-state index >= 15 is 0 Å². The van der Waals surface area contributed by atoms with Gasteiger partial charge in [0.2, 0.25) is 0 Å². The smallest absolute Gasteiger partial charge is 0.121 e. The Labute approximate surface area is 164 Å². The first-order valence-corrected chi connectivity index (χ1v) is 9.43. The van der Waals surface area contributed by atoms with Crippen molar-refractivity contribution in [2.75, 3.05) is 13.1 Å². The second-order valence-electron chi connectivity index (χ2n) is 7.13. The third kappa shape index (κ3) is 3.67. The van der Waals surface area contributed by atoms with E-state index in [-0.39, 0.29) is 23.4 Å². The normalized spacial score (nSPS) is 15.9. The Morgan fingerprint density at radius 2 is 1.04 bits per heavy atom. The summed E-state index contributed by atoms with van der Waals surface area (Å²) in [5, 5.41) is 30.9. The average molecular weight is 376 g/mol. The summed E-state index contributed by atoms with van der Waals surface area (Å²) in [5.74, 6) is 0.800. The van der Waals surface area contributed by atoms with Crippen molar-refractivity contribution in [3.8, 4) is 17.2 Å². The zero-order chi connectivity index (χ0) is 19.5. The Morgan fingerprint density at radius 3 is 1.50 bits per heavy atom. The lowest BCUT2D eigenvalue weighted by Gasteiger charge is -2.31. The number of hydrogen-bond donors (Lipinski definition) is 3. The van der Waals surface area contributed by atoms with Gasteiger partial charge in [0, 0.05) is 42.9 Å². The predicted molar refractivity (Wildman–Crippen MR) is 108 cm³/mol. The minimum Gasteiger partial charge on any atom is -0.508 e. The van der Waals surface area contributed by atoms with Gasteiger partial charge >= 0.3 is 0 Å². The van der Waals surface area contributed by atoms with E-state index in [4.69, 9.17) is 0 Å². The van der Waals surface area contributed by atoms with Gasteiger partial charge in [0.05, 0.1) is 6.17 Å². The molecule has 0 radical (unpaired) electrons. The minimum absolute atomic E-state index is 0.152. The van der Waals surface area contributed by atoms with Crippen molar-refractivity contribution in [3.63, 3.8) is 0 Å². The summed E-state index contributed by atoms with van der Waals surface area (Å²) < 4.78 is 0. The van der Waals surface area contributed by atoms with Crippen LogP contribution < -0.4 is 0 Å². The lowest BCUT2D eigenvalue weighted by atomic mass is 10.1. The third-order valence-corrected chi connectivity index (χ3v) is 5.31. The molecule has 3 aromatic rings. The molecule has 0 unspecified atom stereocenters. The minimum atomic E-state index is -0.152. The molecule has 0 spiro atoms. The number of phenolic OH excluding ortho intramolecular Hbond substituents is 3. The molecule has 5 heteroatoms. The van der Waals surface area contributed by atoms with Gasteiger partial charge in [-0.25, -0.2) is 0 Å². The van der Waals surface area contributed by atoms with Crippen LogP contribution in [0, 0.1) is 0 Å². The monoisotopic (exact) mass is 376 g/mol. The molecule has 0 aliphatic carbocycles. The fourth-order valence-electron chi connectivity index (χ4n) is 3.89. The molecule has 1 aliphatic rings. The summed E-state index contributed by atoms with van der Waals surface area (Å²) in [4.78, 5) is 4.48. The highest BCUT2D eigenvalue weighted by Crippen LogP contribution is 2.38. The molecule has 0 atom stereocenters. The Kier molecular flexibility index (Phi) is 5.19. The van der Waals surface area contributed by atoms with Crippen LogP contribution in [0.4, 0.5) is 0 Å². The Bertz CT molecular complexity index is 904. The maximum atomic E-state index is 10.5. The van der Waals surface area contributed by atoms with Crippen LogP contribution in [0.2, 0.25) is 0 Å². The van der Waals surface area contributed by atoms with Gasteiger partial charge in [0.15, 0.2) is 0 Å². The van der Waals surface area contributed by atoms with Crippen LogP contribution in [-0.2, 0) is 13.1 Å². The number of aromatic hydroxyl groups is 3. The zero-order valence-corrected chi connectivity index (χ0v) is 15.6. The number of rotatable bonds is 5. The molecular weight excluding hydrogens is 352 g/mol. The van der Waals surface area contributed by atoms with E-state index in [1.165, 1.54) is 0 Å². The molecule has 3 aromatic carbocycles. The van der Waals surface area contributed by atoms with E-state index in [2.05, 4.69) is 9.80 Å². The molecule has 144 valence electrons. The van der Waals surface area contributed by atoms with Crippen LogP contribution in [0.1, 0.15) is 22.9 Å². The predicted octanol–water partition coefficient (Wildman–Crippen LogP) is 3.82. The van der Waals surface area contributed by atoms with E-state index in [0.29, 0.717) is 13.1 Å². The standard InChI is InChI=1S/C23H24N2O3/c26-20-10-4-1-7-17(20)15-24-13-14-25(16-18-8-2-5-11-21(18)27)23(24)19-9-3-6-12-22(19)28/h1-12,23,26-28H,13-16H2. The first-order chi connectivity index (χ1) is 13.6. The topological polar surface area (TPSA) is 67.2 Å². The van der Waals surface area contributed by atoms with Gasteiger partial charge in [-0.05, 0) is 18.2 Å². The lowest BCUT2D eigenvalue weighted by molar-refractivity contribution is 0.121. The molecule has 4 rings (SSSR count). The van der Waals surface area contributed by atoms with E-state index in [9.17, 15) is 15.3 Å². The quantitative estimate of drug-likeness (QED) is 0.632. The van der Waals surface area contributed by atoms with Gasteiger partial charge in [-0.1, -0.05) is 54.6 Å². The Balaban J connectivity index is 1.66. The lowest BCUT2D eigenvalue weighted by Crippen LogP contribution is -2.30. The van der Waals surface area contributed by atoms with Crippen molar-refractivity contribution >= 4 is 0 Å². The third-order valence-electron chi connectivity index (χ3n) is 5.31. The molecule has 5 nitrogen and oxygen atoms in total. The SMILES string of the molecule is Oc1ccccc1CN1CCN(Cc2ccccc2O)C1c1ccccc1O. The molecule has 1 fully saturated rings. The molecule has 1 aliphatic heterocycles. The molecule has 28 heavy (non-hydrogen) atoms. The molecule has 1 heterocycles. The number of benzene rings is 3. The fourth-order valence-corrected chi connectivity index (χ4v) is 3.89. The van der Waals surface area contributed by atoms with Crippen LogP contribution >= 0.6 is 0 Å². The van der Waals surface area contributed by atoms with Gasteiger partial charge in [-0.2, -0.15) is 0 Å². The van der Waals surface area contributed by atoms with Gasteiger partial charge in [0.25, 0.3) is 0 Å². The van der Waals surface area contributed by atoms with Crippen molar-refractivity contribution in [3.05, 3.63) is 89.5 Å². The van der Waals surface area contributed by atoms with Crippen molar-refractivity contribution < 1.29 is 15.3 Å². The second kappa shape index (κ2) is 7.92. The van der Waals surface area contributed by atoms with Crippen LogP contribution in [-0.4, -0.2) is 38.2 Å². The maximum absolute atomic E-state index is 10.5. The zero-order valence-electron chi connectivity index (χ0n) is 15.6. The number of para-hydroxylation sites is 3. The summed E-state index contributed by atoms with van der Waals surface area (Å²) in [6.07, 6.45) is -0.152. The van der Waals surface area contributed by atoms with E-state index < -0.39 is 0 Å². The van der Waals surface area contributed by atoms with Gasteiger partial charge in [-0.15, -0.1) is 0 Å². The fraction of sp³-hybridized carbons (Fsp3) is 0.217. The Hall–Kier alpha value is -3.02. The van der Waals surface area contributed by atoms with E-state index in [1.807, 2.05) is 54.6 Å². The number of hydrogen-bond acceptors (Lipinski definition) is 5. The summed E-state index contributed by atoms with van der Waals surface area (Å²) >= 11 is 0. The first kappa shape index (κ1) is 18.3. The highest BCUT2D eigenvalue weighted by molar-refractivity contribution is 5.37. The molecule has 0 amide bonds. The summed E-state index contributed by atoms with van der Waals surface area (Å²) in [5.41, 5.74) is 2.53. The van der Waals surface area contributed by atoms with E-state index in [0.717, 1.165) is 29.8 Å². The summed E-state index contributed by atoms with van der Waals surface area (Å²) in [7, 11) is 0. The number of nitrogens with zero attached hydrogens (tertiary/aromatic N) is 2. The van der Waals surface area contributed by atoms with Crippen molar-refractivity contribution in [1.29, 1.82) is 0 Å². The van der Waals surface area contributed by atoms with Crippen molar-refractivity contribution in [2.45, 2.75) is 19.3 Å². The summed E-state index contributed by atoms with van der Waals surface area (Å²) in [6, 6.07) is 22.1. The van der Waals surface area contributed by atoms with Crippen LogP contribution in [0.5, 0.6) is 17.2 Å². The van der Waals surface area contributed by atoms with Crippen LogP contribution in [0.15, 0.2) is 72.8 Å². The molecular formula is C23H24N2O3. The van der Waals surface area contributed by atoms with Crippen molar-refractivity contribution in [1.82, 2.24) is 9.80 Å². The highest BCUT2D eigenvalue weighted by atomic mass is 16.3.